The molecule has 0 radical (unpaired) electrons. The van der Waals surface area contributed by atoms with Crippen LogP contribution in [0.3, 0.4) is 0 Å². The molecular formula is C16H27NO4. The first-order chi connectivity index (χ1) is 9.95. The molecule has 0 aliphatic carbocycles. The smallest absolute Gasteiger partial charge is 0.311 e. The topological polar surface area (TPSA) is 66.8 Å². The van der Waals surface area contributed by atoms with Gasteiger partial charge in [-0.2, -0.15) is 0 Å². The molecule has 2 rings (SSSR count). The molecule has 21 heavy (non-hydrogen) atoms. The van der Waals surface area contributed by atoms with Crippen LogP contribution in [-0.4, -0.2) is 48.2 Å². The summed E-state index contributed by atoms with van der Waals surface area (Å²) in [5, 5.41) is 9.52. The van der Waals surface area contributed by atoms with Crippen LogP contribution in [0.25, 0.3) is 0 Å². The van der Waals surface area contributed by atoms with Gasteiger partial charge in [0.25, 0.3) is 0 Å². The molecule has 5 nitrogen and oxygen atoms in total. The summed E-state index contributed by atoms with van der Waals surface area (Å²) >= 11 is 0. The van der Waals surface area contributed by atoms with Crippen LogP contribution in [0, 0.1) is 17.3 Å². The van der Waals surface area contributed by atoms with E-state index in [4.69, 9.17) is 4.74 Å². The van der Waals surface area contributed by atoms with E-state index in [1.54, 1.807) is 4.90 Å². The Labute approximate surface area is 126 Å². The van der Waals surface area contributed by atoms with Gasteiger partial charge in [0.15, 0.2) is 0 Å². The summed E-state index contributed by atoms with van der Waals surface area (Å²) in [5.74, 6) is -0.0228. The zero-order valence-corrected chi connectivity index (χ0v) is 13.1. The van der Waals surface area contributed by atoms with Gasteiger partial charge in [0.2, 0.25) is 5.91 Å². The van der Waals surface area contributed by atoms with Crippen LogP contribution in [0.5, 0.6) is 0 Å². The molecular weight excluding hydrogens is 270 g/mol. The van der Waals surface area contributed by atoms with Crippen molar-refractivity contribution in [1.82, 2.24) is 4.90 Å². The third kappa shape index (κ3) is 3.57. The molecule has 0 spiro atoms. The fourth-order valence-electron chi connectivity index (χ4n) is 3.46. The molecule has 5 heteroatoms. The molecule has 0 bridgehead atoms. The maximum atomic E-state index is 12.3. The van der Waals surface area contributed by atoms with Gasteiger partial charge in [-0.25, -0.2) is 0 Å². The normalized spacial score (nSPS) is 27.3. The summed E-state index contributed by atoms with van der Waals surface area (Å²) in [4.78, 5) is 25.7. The Kier molecular flexibility index (Phi) is 5.25. The average molecular weight is 297 g/mol. The monoisotopic (exact) mass is 297 g/mol. The van der Waals surface area contributed by atoms with Crippen LogP contribution in [0.4, 0.5) is 0 Å². The van der Waals surface area contributed by atoms with Gasteiger partial charge in [0.05, 0.1) is 5.41 Å². The van der Waals surface area contributed by atoms with Crippen LogP contribution in [-0.2, 0) is 14.3 Å². The van der Waals surface area contributed by atoms with E-state index in [9.17, 15) is 14.7 Å². The fourth-order valence-corrected chi connectivity index (χ4v) is 3.46. The lowest BCUT2D eigenvalue weighted by atomic mass is 9.76. The average Bonchev–Trinajstić information content (AvgIpc) is 2.92. The third-order valence-electron chi connectivity index (χ3n) is 5.29. The van der Waals surface area contributed by atoms with E-state index in [0.29, 0.717) is 31.8 Å². The van der Waals surface area contributed by atoms with Crippen molar-refractivity contribution in [3.05, 3.63) is 0 Å². The summed E-state index contributed by atoms with van der Waals surface area (Å²) < 4.78 is 5.33. The second-order valence-electron chi connectivity index (χ2n) is 6.78. The molecule has 1 N–H and O–H groups in total. The summed E-state index contributed by atoms with van der Waals surface area (Å²) in [5.41, 5.74) is -0.756. The minimum Gasteiger partial charge on any atom is -0.481 e. The van der Waals surface area contributed by atoms with Crippen LogP contribution >= 0.6 is 0 Å². The predicted molar refractivity (Wildman–Crippen MR) is 78.9 cm³/mol. The first kappa shape index (κ1) is 16.3. The fraction of sp³-hybridized carbons (Fsp3) is 0.875. The summed E-state index contributed by atoms with van der Waals surface area (Å²) in [6.45, 7) is 6.42. The number of carboxylic acid groups (broad SMARTS) is 1. The molecule has 2 aliphatic heterocycles. The van der Waals surface area contributed by atoms with E-state index in [1.165, 1.54) is 0 Å². The van der Waals surface area contributed by atoms with Gasteiger partial charge in [-0.15, -0.1) is 0 Å². The van der Waals surface area contributed by atoms with Crippen molar-refractivity contribution in [3.63, 3.8) is 0 Å². The van der Waals surface area contributed by atoms with Crippen LogP contribution in [0.1, 0.15) is 46.0 Å². The van der Waals surface area contributed by atoms with Gasteiger partial charge in [-0.3, -0.25) is 9.59 Å². The Bertz CT molecular complexity index is 390. The lowest BCUT2D eigenvalue weighted by Gasteiger charge is -2.29. The number of aliphatic carboxylic acids is 1. The van der Waals surface area contributed by atoms with E-state index >= 15 is 0 Å². The highest BCUT2D eigenvalue weighted by Crippen LogP contribution is 2.38. The predicted octanol–water partition coefficient (Wildman–Crippen LogP) is 2.15. The number of hydrogen-bond donors (Lipinski definition) is 1. The van der Waals surface area contributed by atoms with E-state index < -0.39 is 11.4 Å². The van der Waals surface area contributed by atoms with Crippen molar-refractivity contribution in [2.75, 3.05) is 26.3 Å². The Morgan fingerprint density at radius 1 is 1.33 bits per heavy atom. The molecule has 0 aromatic rings. The van der Waals surface area contributed by atoms with Crippen molar-refractivity contribution in [3.8, 4) is 0 Å². The molecule has 2 saturated heterocycles. The lowest BCUT2D eigenvalue weighted by molar-refractivity contribution is -0.151. The first-order valence-corrected chi connectivity index (χ1v) is 8.04. The van der Waals surface area contributed by atoms with Gasteiger partial charge in [0, 0.05) is 32.7 Å². The molecule has 1 amide bonds. The molecule has 1 unspecified atom stereocenters. The van der Waals surface area contributed by atoms with Gasteiger partial charge in [0.1, 0.15) is 0 Å². The number of ether oxygens (including phenoxy) is 1. The number of hydrogen-bond acceptors (Lipinski definition) is 3. The highest BCUT2D eigenvalue weighted by atomic mass is 16.5. The Morgan fingerprint density at radius 2 is 2.00 bits per heavy atom. The van der Waals surface area contributed by atoms with E-state index in [0.717, 1.165) is 32.5 Å². The largest absolute Gasteiger partial charge is 0.481 e. The second-order valence-corrected chi connectivity index (χ2v) is 6.78. The zero-order chi connectivity index (χ0) is 15.5. The summed E-state index contributed by atoms with van der Waals surface area (Å²) in [6, 6.07) is 0. The first-order valence-electron chi connectivity index (χ1n) is 8.04. The molecule has 2 fully saturated rings. The van der Waals surface area contributed by atoms with Gasteiger partial charge >= 0.3 is 5.97 Å². The molecule has 1 atom stereocenters. The van der Waals surface area contributed by atoms with E-state index in [-0.39, 0.29) is 11.8 Å². The number of amides is 1. The molecule has 0 aromatic heterocycles. The summed E-state index contributed by atoms with van der Waals surface area (Å²) in [6.07, 6.45) is 4.10. The number of carbonyl (C=O) groups is 2. The molecule has 0 aromatic carbocycles. The van der Waals surface area contributed by atoms with Gasteiger partial charge < -0.3 is 14.7 Å². The maximum Gasteiger partial charge on any atom is 0.311 e. The molecule has 2 heterocycles. The van der Waals surface area contributed by atoms with Crippen molar-refractivity contribution in [2.24, 2.45) is 17.3 Å². The van der Waals surface area contributed by atoms with Crippen molar-refractivity contribution in [1.29, 1.82) is 0 Å². The molecule has 2 aliphatic rings. The van der Waals surface area contributed by atoms with Crippen LogP contribution in [0.2, 0.25) is 0 Å². The number of likely N-dealkylation sites (tertiary alicyclic amines) is 1. The van der Waals surface area contributed by atoms with Gasteiger partial charge in [-0.1, -0.05) is 13.8 Å². The Morgan fingerprint density at radius 3 is 2.52 bits per heavy atom. The van der Waals surface area contributed by atoms with Crippen molar-refractivity contribution >= 4 is 11.9 Å². The highest BCUT2D eigenvalue weighted by Gasteiger charge is 2.48. The molecule has 0 saturated carbocycles. The SMILES string of the molecule is CC(C)C1(C(=O)O)CCN(C(=O)CCC2CCOCC2)C1. The van der Waals surface area contributed by atoms with Crippen LogP contribution < -0.4 is 0 Å². The zero-order valence-electron chi connectivity index (χ0n) is 13.1. The minimum absolute atomic E-state index is 0.0447. The second kappa shape index (κ2) is 6.77. The third-order valence-corrected chi connectivity index (χ3v) is 5.29. The molecule has 120 valence electrons. The van der Waals surface area contributed by atoms with E-state index in [1.807, 2.05) is 13.8 Å². The standard InChI is InChI=1S/C16H27NO4/c1-12(2)16(15(19)20)7-8-17(11-16)14(18)4-3-13-5-9-21-10-6-13/h12-13H,3-11H2,1-2H3,(H,19,20). The maximum absolute atomic E-state index is 12.3. The minimum atomic E-state index is -0.766. The number of carboxylic acids is 1. The van der Waals surface area contributed by atoms with Crippen LogP contribution in [0.15, 0.2) is 0 Å². The summed E-state index contributed by atoms with van der Waals surface area (Å²) in [7, 11) is 0. The van der Waals surface area contributed by atoms with Gasteiger partial charge in [-0.05, 0) is 37.5 Å². The lowest BCUT2D eigenvalue weighted by Crippen LogP contribution is -2.40. The number of carbonyl (C=O) groups excluding carboxylic acids is 1. The quantitative estimate of drug-likeness (QED) is 0.844. The highest BCUT2D eigenvalue weighted by molar-refractivity contribution is 5.80. The Hall–Kier alpha value is -1.10. The van der Waals surface area contributed by atoms with Crippen molar-refractivity contribution < 1.29 is 19.4 Å². The Balaban J connectivity index is 1.85. The van der Waals surface area contributed by atoms with E-state index in [2.05, 4.69) is 0 Å². The number of rotatable bonds is 5. The number of nitrogens with zero attached hydrogens (tertiary/aromatic N) is 1. The van der Waals surface area contributed by atoms with Crippen molar-refractivity contribution in [2.45, 2.75) is 46.0 Å².